The first-order valence-corrected chi connectivity index (χ1v) is 25.3. The van der Waals surface area contributed by atoms with E-state index in [0.717, 1.165) is 15.0 Å². The lowest BCUT2D eigenvalue weighted by Gasteiger charge is -2.35. The van der Waals surface area contributed by atoms with E-state index < -0.39 is 10.8 Å². The Morgan fingerprint density at radius 3 is 1.43 bits per heavy atom. The molecule has 5 heteroatoms. The minimum atomic E-state index is -0.703. The molecule has 0 amide bonds. The van der Waals surface area contributed by atoms with Crippen LogP contribution in [0, 0.1) is 50.4 Å². The van der Waals surface area contributed by atoms with E-state index in [9.17, 15) is 15.3 Å². The van der Waals surface area contributed by atoms with E-state index in [2.05, 4.69) is 191 Å². The normalized spacial score (nSPS) is 15.1. The van der Waals surface area contributed by atoms with Crippen LogP contribution >= 0.6 is 22.7 Å². The molecule has 13 rings (SSSR count). The van der Waals surface area contributed by atoms with Crippen LogP contribution in [-0.4, -0.2) is 5.78 Å². The molecule has 3 aliphatic rings. The van der Waals surface area contributed by atoms with Gasteiger partial charge in [-0.3, -0.25) is 4.79 Å². The second-order valence-corrected chi connectivity index (χ2v) is 21.2. The fourth-order valence-electron chi connectivity index (χ4n) is 12.2. The molecule has 0 unspecified atom stereocenters. The molecule has 2 heterocycles. The number of nitriles is 2. The van der Waals surface area contributed by atoms with Gasteiger partial charge in [0.15, 0.2) is 5.78 Å². The summed E-state index contributed by atoms with van der Waals surface area (Å²) in [7, 11) is 0. The maximum Gasteiger partial charge on any atom is 0.194 e. The number of nitrogens with zero attached hydrogens (tertiary/aromatic N) is 2. The summed E-state index contributed by atoms with van der Waals surface area (Å²) in [4.78, 5) is 15.1. The second-order valence-electron chi connectivity index (χ2n) is 19.2. The lowest BCUT2D eigenvalue weighted by molar-refractivity contribution is 0.104. The molecule has 0 spiro atoms. The fraction of sp³-hybridized carbons (Fsp3) is 0.0923. The molecule has 3 aliphatic carbocycles. The Hall–Kier alpha value is -8.19. The van der Waals surface area contributed by atoms with Crippen LogP contribution in [0.25, 0.3) is 54.1 Å². The zero-order chi connectivity index (χ0) is 47.6. The van der Waals surface area contributed by atoms with Crippen molar-refractivity contribution in [2.75, 3.05) is 0 Å². The summed E-state index contributed by atoms with van der Waals surface area (Å²) in [5, 5.41) is 24.9. The number of carbonyl (C=O) groups excluding carboxylic acids is 1. The van der Waals surface area contributed by atoms with Gasteiger partial charge in [0.25, 0.3) is 0 Å². The van der Waals surface area contributed by atoms with Gasteiger partial charge in [0.1, 0.15) is 17.7 Å². The molecule has 0 saturated heterocycles. The number of carbonyl (C=O) groups is 1. The van der Waals surface area contributed by atoms with E-state index in [1.807, 2.05) is 24.3 Å². The molecule has 3 nitrogen and oxygen atoms in total. The van der Waals surface area contributed by atoms with E-state index in [0.29, 0.717) is 22.3 Å². The van der Waals surface area contributed by atoms with Gasteiger partial charge in [-0.15, -0.1) is 22.7 Å². The molecular formula is C65H42N2OS2. The molecule has 0 aliphatic heterocycles. The van der Waals surface area contributed by atoms with Crippen molar-refractivity contribution in [3.63, 3.8) is 0 Å². The topological polar surface area (TPSA) is 64.7 Å². The Morgan fingerprint density at radius 1 is 0.486 bits per heavy atom. The first-order chi connectivity index (χ1) is 34.1. The van der Waals surface area contributed by atoms with Gasteiger partial charge in [0.05, 0.1) is 10.8 Å². The SMILES string of the molecule is Cc1ccc(C2(c3ccc(C)cc3)c3cc4c(cc3-c3c2ccc2sccc32)C(c2ccc(C)cc2)(c2ccc(C)cc2)c2ccc3sc(/C=C5\C(=O)c6ccccc6C5=C(C#N)C#N)cc3c2-4)cc1. The monoisotopic (exact) mass is 930 g/mol. The van der Waals surface area contributed by atoms with Crippen LogP contribution < -0.4 is 0 Å². The summed E-state index contributed by atoms with van der Waals surface area (Å²) in [5.41, 5.74) is 20.0. The maximum absolute atomic E-state index is 14.2. The molecule has 70 heavy (non-hydrogen) atoms. The van der Waals surface area contributed by atoms with Gasteiger partial charge >= 0.3 is 0 Å². The smallest absolute Gasteiger partial charge is 0.194 e. The van der Waals surface area contributed by atoms with Crippen molar-refractivity contribution in [1.82, 2.24) is 0 Å². The number of ketones is 1. The average Bonchev–Trinajstić information content (AvgIpc) is 4.20. The standard InChI is InChI=1S/C65H42N2OS2/c1-37-9-17-42(18-10-37)64(43-19-11-38(2)12-20-43)54-25-27-58-49(29-30-69-58)61(54)50-33-57-51(34-56(50)64)62-52-31-46(32-53-60(41(35-66)36-67)47-7-5-6-8-48(47)63(53)68)70-59(52)28-26-55(62)65(57,44-21-13-39(3)14-22-44)45-23-15-40(4)16-24-45/h5-34H,1-4H3/b53-32-. The summed E-state index contributed by atoms with van der Waals surface area (Å²) in [6.45, 7) is 8.63. The van der Waals surface area contributed by atoms with E-state index in [-0.39, 0.29) is 11.4 Å². The molecule has 2 aromatic heterocycles. The molecule has 0 radical (unpaired) electrons. The Morgan fingerprint density at radius 2 is 0.943 bits per heavy atom. The first-order valence-electron chi connectivity index (χ1n) is 23.6. The lowest BCUT2D eigenvalue weighted by Crippen LogP contribution is -2.30. The predicted molar refractivity (Wildman–Crippen MR) is 288 cm³/mol. The zero-order valence-electron chi connectivity index (χ0n) is 38.9. The van der Waals surface area contributed by atoms with Crippen LogP contribution in [0.1, 0.15) is 87.6 Å². The number of thiophene rings is 2. The van der Waals surface area contributed by atoms with Crippen molar-refractivity contribution in [2.24, 2.45) is 0 Å². The van der Waals surface area contributed by atoms with Gasteiger partial charge in [-0.1, -0.05) is 156 Å². The van der Waals surface area contributed by atoms with Crippen molar-refractivity contribution in [3.05, 3.63) is 269 Å². The van der Waals surface area contributed by atoms with Gasteiger partial charge in [-0.25, -0.2) is 0 Å². The largest absolute Gasteiger partial charge is 0.289 e. The van der Waals surface area contributed by atoms with Crippen LogP contribution in [0.4, 0.5) is 0 Å². The van der Waals surface area contributed by atoms with Crippen molar-refractivity contribution >= 4 is 60.3 Å². The van der Waals surface area contributed by atoms with Crippen molar-refractivity contribution in [3.8, 4) is 34.4 Å². The third kappa shape index (κ3) is 5.68. The van der Waals surface area contributed by atoms with Crippen LogP contribution in [-0.2, 0) is 10.8 Å². The van der Waals surface area contributed by atoms with E-state index >= 15 is 0 Å². The van der Waals surface area contributed by atoms with Crippen LogP contribution in [0.2, 0.25) is 0 Å². The van der Waals surface area contributed by atoms with Crippen molar-refractivity contribution in [1.29, 1.82) is 10.5 Å². The van der Waals surface area contributed by atoms with E-state index in [1.165, 1.54) is 99.1 Å². The molecule has 0 saturated carbocycles. The summed E-state index contributed by atoms with van der Waals surface area (Å²) in [6, 6.07) is 67.0. The highest BCUT2D eigenvalue weighted by atomic mass is 32.1. The molecule has 8 aromatic carbocycles. The van der Waals surface area contributed by atoms with Gasteiger partial charge in [-0.05, 0) is 148 Å². The van der Waals surface area contributed by atoms with Crippen molar-refractivity contribution < 1.29 is 4.79 Å². The number of rotatable bonds is 5. The zero-order valence-corrected chi connectivity index (χ0v) is 40.6. The minimum Gasteiger partial charge on any atom is -0.289 e. The molecular weight excluding hydrogens is 889 g/mol. The molecule has 0 atom stereocenters. The Balaban J connectivity index is 1.18. The number of fused-ring (bicyclic) bond motifs is 11. The third-order valence-corrected chi connectivity index (χ3v) is 17.3. The van der Waals surface area contributed by atoms with Crippen LogP contribution in [0.3, 0.4) is 0 Å². The van der Waals surface area contributed by atoms with Gasteiger partial charge in [-0.2, -0.15) is 10.5 Å². The van der Waals surface area contributed by atoms with E-state index in [4.69, 9.17) is 0 Å². The maximum atomic E-state index is 14.2. The molecule has 330 valence electrons. The molecule has 0 N–H and O–H groups in total. The number of aryl methyl sites for hydroxylation is 4. The number of hydrogen-bond donors (Lipinski definition) is 0. The quantitative estimate of drug-likeness (QED) is 0.128. The molecule has 0 fully saturated rings. The Bertz CT molecular complexity index is 3940. The van der Waals surface area contributed by atoms with Gasteiger partial charge < -0.3 is 0 Å². The van der Waals surface area contributed by atoms with Gasteiger partial charge in [0.2, 0.25) is 0 Å². The van der Waals surface area contributed by atoms with Crippen LogP contribution in [0.15, 0.2) is 186 Å². The lowest BCUT2D eigenvalue weighted by atomic mass is 9.65. The summed E-state index contributed by atoms with van der Waals surface area (Å²) in [5.74, 6) is -0.183. The predicted octanol–water partition coefficient (Wildman–Crippen LogP) is 16.2. The van der Waals surface area contributed by atoms with Gasteiger partial charge in [0, 0.05) is 41.8 Å². The first kappa shape index (κ1) is 42.0. The number of hydrogen-bond acceptors (Lipinski definition) is 5. The highest BCUT2D eigenvalue weighted by molar-refractivity contribution is 7.20. The molecule has 10 aromatic rings. The summed E-state index contributed by atoms with van der Waals surface area (Å²) >= 11 is 3.42. The highest BCUT2D eigenvalue weighted by Crippen LogP contribution is 2.65. The molecule has 0 bridgehead atoms. The second kappa shape index (κ2) is 15.4. The number of Topliss-reactive ketones (excluding diaryl/α,β-unsaturated/α-hetero) is 1. The van der Waals surface area contributed by atoms with Crippen LogP contribution in [0.5, 0.6) is 0 Å². The Kier molecular flexibility index (Phi) is 9.24. The summed E-state index contributed by atoms with van der Waals surface area (Å²) < 4.78 is 2.35. The number of benzene rings is 8. The number of allylic oxidation sites excluding steroid dienone is 3. The fourth-order valence-corrected chi connectivity index (χ4v) is 14.0. The minimum absolute atomic E-state index is 0.0679. The van der Waals surface area contributed by atoms with E-state index in [1.54, 1.807) is 28.7 Å². The average molecular weight is 931 g/mol. The third-order valence-electron chi connectivity index (χ3n) is 15.3. The van der Waals surface area contributed by atoms with Crippen molar-refractivity contribution in [2.45, 2.75) is 38.5 Å². The Labute approximate surface area is 415 Å². The highest BCUT2D eigenvalue weighted by Gasteiger charge is 2.52. The summed E-state index contributed by atoms with van der Waals surface area (Å²) in [6.07, 6.45) is 1.90.